The van der Waals surface area contributed by atoms with Crippen molar-refractivity contribution in [3.8, 4) is 0 Å². The highest BCUT2D eigenvalue weighted by Gasteiger charge is 2.42. The summed E-state index contributed by atoms with van der Waals surface area (Å²) in [6.45, 7) is 0. The minimum absolute atomic E-state index is 0.00875. The summed E-state index contributed by atoms with van der Waals surface area (Å²) < 4.78 is 2.30. The van der Waals surface area contributed by atoms with E-state index in [9.17, 15) is 5.11 Å². The van der Waals surface area contributed by atoms with Crippen LogP contribution in [0.25, 0.3) is 0 Å². The van der Waals surface area contributed by atoms with Gasteiger partial charge in [-0.25, -0.2) is 0 Å². The summed E-state index contributed by atoms with van der Waals surface area (Å²) in [7, 11) is 2.73. The molecule has 3 unspecified atom stereocenters. The van der Waals surface area contributed by atoms with Gasteiger partial charge in [0.1, 0.15) is 0 Å². The van der Waals surface area contributed by atoms with Gasteiger partial charge in [0.25, 0.3) is 0 Å². The molecule has 2 heterocycles. The molecule has 2 bridgehead atoms. The monoisotopic (exact) mass is 145 g/mol. The maximum absolute atomic E-state index is 9.19. The van der Waals surface area contributed by atoms with Gasteiger partial charge in [0, 0.05) is 12.1 Å². The zero-order chi connectivity index (χ0) is 6.43. The first-order valence-corrected chi connectivity index (χ1v) is 4.00. The van der Waals surface area contributed by atoms with Crippen molar-refractivity contribution in [2.45, 2.75) is 37.5 Å². The Bertz CT molecular complexity index is 118. The number of aliphatic hydroxyl groups is 1. The first-order chi connectivity index (χ1) is 4.27. The third-order valence-electron chi connectivity index (χ3n) is 2.48. The largest absolute Gasteiger partial charge is 0.393 e. The average molecular weight is 145 g/mol. The van der Waals surface area contributed by atoms with Gasteiger partial charge in [-0.1, -0.05) is 9.39 Å². The van der Waals surface area contributed by atoms with Gasteiger partial charge < -0.3 is 5.11 Å². The molecule has 0 aromatic carbocycles. The Labute approximate surface area is 57.5 Å². The SMILES string of the molecule is OC1CC2CC(C1)N2P. The van der Waals surface area contributed by atoms with Gasteiger partial charge in [0.2, 0.25) is 0 Å². The van der Waals surface area contributed by atoms with E-state index < -0.39 is 0 Å². The number of piperidine rings is 1. The van der Waals surface area contributed by atoms with Gasteiger partial charge in [-0.15, -0.1) is 0 Å². The molecule has 52 valence electrons. The molecular formula is C6H12NOP. The van der Waals surface area contributed by atoms with Crippen LogP contribution in [0.5, 0.6) is 0 Å². The Balaban J connectivity index is 2.01. The summed E-state index contributed by atoms with van der Waals surface area (Å²) in [6, 6.07) is 1.34. The lowest BCUT2D eigenvalue weighted by Crippen LogP contribution is -2.56. The molecule has 3 atom stereocenters. The number of fused-ring (bicyclic) bond motifs is 2. The molecule has 3 rings (SSSR count). The Hall–Kier alpha value is 0.350. The van der Waals surface area contributed by atoms with E-state index in [1.165, 1.54) is 6.42 Å². The van der Waals surface area contributed by atoms with Crippen molar-refractivity contribution in [3.05, 3.63) is 0 Å². The second-order valence-corrected chi connectivity index (χ2v) is 3.71. The fraction of sp³-hybridized carbons (Fsp3) is 1.00. The smallest absolute Gasteiger partial charge is 0.0570 e. The molecule has 2 saturated heterocycles. The van der Waals surface area contributed by atoms with Crippen LogP contribution in [0.2, 0.25) is 0 Å². The molecule has 1 aliphatic carbocycles. The van der Waals surface area contributed by atoms with Gasteiger partial charge in [0.05, 0.1) is 6.10 Å². The molecule has 2 aliphatic heterocycles. The van der Waals surface area contributed by atoms with E-state index in [1.54, 1.807) is 0 Å². The van der Waals surface area contributed by atoms with Gasteiger partial charge in [-0.2, -0.15) is 0 Å². The van der Waals surface area contributed by atoms with Crippen LogP contribution in [0.15, 0.2) is 0 Å². The minimum atomic E-state index is -0.00875. The summed E-state index contributed by atoms with van der Waals surface area (Å²) in [5, 5.41) is 9.19. The summed E-state index contributed by atoms with van der Waals surface area (Å²) in [5.74, 6) is 0. The second-order valence-electron chi connectivity index (χ2n) is 3.12. The van der Waals surface area contributed by atoms with Crippen molar-refractivity contribution < 1.29 is 5.11 Å². The van der Waals surface area contributed by atoms with Crippen molar-refractivity contribution >= 4 is 9.39 Å². The van der Waals surface area contributed by atoms with E-state index >= 15 is 0 Å². The molecule has 9 heavy (non-hydrogen) atoms. The lowest BCUT2D eigenvalue weighted by Gasteiger charge is -2.52. The van der Waals surface area contributed by atoms with Crippen LogP contribution in [0.4, 0.5) is 0 Å². The summed E-state index contributed by atoms with van der Waals surface area (Å²) in [4.78, 5) is 0. The number of nitrogens with zero attached hydrogens (tertiary/aromatic N) is 1. The third-order valence-corrected chi connectivity index (χ3v) is 3.32. The third kappa shape index (κ3) is 0.813. The predicted molar refractivity (Wildman–Crippen MR) is 39.0 cm³/mol. The van der Waals surface area contributed by atoms with Crippen molar-refractivity contribution in [1.82, 2.24) is 4.67 Å². The minimum Gasteiger partial charge on any atom is -0.393 e. The molecule has 3 fully saturated rings. The van der Waals surface area contributed by atoms with Crippen LogP contribution >= 0.6 is 9.39 Å². The number of hydrogen-bond acceptors (Lipinski definition) is 2. The summed E-state index contributed by atoms with van der Waals surface area (Å²) >= 11 is 0. The number of aliphatic hydroxyl groups excluding tert-OH is 1. The Kier molecular flexibility index (Phi) is 1.29. The van der Waals surface area contributed by atoms with Crippen molar-refractivity contribution in [2.75, 3.05) is 0 Å². The summed E-state index contributed by atoms with van der Waals surface area (Å²) in [5.41, 5.74) is 0. The zero-order valence-electron chi connectivity index (χ0n) is 5.33. The molecule has 0 aromatic rings. The van der Waals surface area contributed by atoms with Crippen molar-refractivity contribution in [3.63, 3.8) is 0 Å². The molecule has 3 heteroatoms. The fourth-order valence-electron chi connectivity index (χ4n) is 1.88. The fourth-order valence-corrected chi connectivity index (χ4v) is 2.36. The Morgan fingerprint density at radius 2 is 1.78 bits per heavy atom. The topological polar surface area (TPSA) is 23.5 Å². The van der Waals surface area contributed by atoms with Crippen molar-refractivity contribution in [2.24, 2.45) is 0 Å². The number of hydrogen-bond donors (Lipinski definition) is 1. The van der Waals surface area contributed by atoms with Crippen LogP contribution in [0.3, 0.4) is 0 Å². The van der Waals surface area contributed by atoms with Gasteiger partial charge in [-0.3, -0.25) is 4.67 Å². The molecule has 0 radical (unpaired) electrons. The average Bonchev–Trinajstić information content (AvgIpc) is 1.87. The molecule has 1 saturated carbocycles. The van der Waals surface area contributed by atoms with Crippen LogP contribution in [0.1, 0.15) is 19.3 Å². The molecule has 3 aliphatic rings. The molecule has 2 nitrogen and oxygen atoms in total. The molecule has 0 spiro atoms. The predicted octanol–water partition coefficient (Wildman–Crippen LogP) is 0.374. The Morgan fingerprint density at radius 1 is 1.22 bits per heavy atom. The molecule has 0 aromatic heterocycles. The lowest BCUT2D eigenvalue weighted by molar-refractivity contribution is -0.0212. The highest BCUT2D eigenvalue weighted by atomic mass is 31.0. The first-order valence-electron chi connectivity index (χ1n) is 3.48. The Morgan fingerprint density at radius 3 is 2.11 bits per heavy atom. The highest BCUT2D eigenvalue weighted by molar-refractivity contribution is 7.13. The maximum Gasteiger partial charge on any atom is 0.0570 e. The van der Waals surface area contributed by atoms with E-state index in [1.807, 2.05) is 0 Å². The van der Waals surface area contributed by atoms with Crippen LogP contribution in [0, 0.1) is 0 Å². The standard InChI is InChI=1S/C6H12NOP/c8-6-2-4-1-5(3-6)7(4)9/h4-6,8H,1-3,9H2. The maximum atomic E-state index is 9.19. The lowest BCUT2D eigenvalue weighted by atomic mass is 9.81. The van der Waals surface area contributed by atoms with E-state index in [4.69, 9.17) is 0 Å². The zero-order valence-corrected chi connectivity index (χ0v) is 6.48. The highest BCUT2D eigenvalue weighted by Crippen LogP contribution is 2.40. The number of rotatable bonds is 0. The second kappa shape index (κ2) is 1.91. The summed E-state index contributed by atoms with van der Waals surface area (Å²) in [6.07, 6.45) is 3.27. The molecule has 0 amide bonds. The van der Waals surface area contributed by atoms with Gasteiger partial charge in [-0.05, 0) is 19.3 Å². The van der Waals surface area contributed by atoms with E-state index in [0.29, 0.717) is 12.1 Å². The van der Waals surface area contributed by atoms with E-state index in [2.05, 4.69) is 14.1 Å². The van der Waals surface area contributed by atoms with Crippen molar-refractivity contribution in [1.29, 1.82) is 0 Å². The van der Waals surface area contributed by atoms with E-state index in [0.717, 1.165) is 12.8 Å². The molecule has 1 N–H and O–H groups in total. The van der Waals surface area contributed by atoms with E-state index in [-0.39, 0.29) is 6.10 Å². The first kappa shape index (κ1) is 6.09. The van der Waals surface area contributed by atoms with Crippen LogP contribution < -0.4 is 0 Å². The van der Waals surface area contributed by atoms with Crippen LogP contribution in [-0.2, 0) is 0 Å². The van der Waals surface area contributed by atoms with Crippen LogP contribution in [-0.4, -0.2) is 28.0 Å². The quantitative estimate of drug-likeness (QED) is 0.498. The molecular weight excluding hydrogens is 133 g/mol. The normalized spacial score (nSPS) is 50.7. The van der Waals surface area contributed by atoms with Gasteiger partial charge >= 0.3 is 0 Å². The van der Waals surface area contributed by atoms with Gasteiger partial charge in [0.15, 0.2) is 0 Å².